The van der Waals surface area contributed by atoms with Crippen molar-refractivity contribution in [1.82, 2.24) is 19.8 Å². The van der Waals surface area contributed by atoms with Crippen LogP contribution in [0.2, 0.25) is 5.02 Å². The van der Waals surface area contributed by atoms with Crippen molar-refractivity contribution in [2.45, 2.75) is 19.3 Å². The maximum absolute atomic E-state index is 13.0. The van der Waals surface area contributed by atoms with Crippen molar-refractivity contribution in [2.24, 2.45) is 5.92 Å². The zero-order chi connectivity index (χ0) is 22.8. The molecule has 7 nitrogen and oxygen atoms in total. The summed E-state index contributed by atoms with van der Waals surface area (Å²) >= 11 is 6.06. The summed E-state index contributed by atoms with van der Waals surface area (Å²) in [5, 5.41) is 1.60. The highest BCUT2D eigenvalue weighted by atomic mass is 35.5. The number of H-pyrrole nitrogens is 1. The molecule has 0 radical (unpaired) electrons. The van der Waals surface area contributed by atoms with E-state index >= 15 is 0 Å². The summed E-state index contributed by atoms with van der Waals surface area (Å²) in [5.41, 5.74) is 1.50. The first kappa shape index (κ1) is 21.8. The Morgan fingerprint density at radius 3 is 2.48 bits per heavy atom. The number of rotatable bonds is 4. The Labute approximate surface area is 198 Å². The van der Waals surface area contributed by atoms with Crippen LogP contribution in [0.5, 0.6) is 0 Å². The lowest BCUT2D eigenvalue weighted by Crippen LogP contribution is -2.49. The molecule has 2 aliphatic heterocycles. The number of hydrogen-bond donors (Lipinski definition) is 1. The van der Waals surface area contributed by atoms with Gasteiger partial charge in [-0.05, 0) is 55.2 Å². The molecular formula is C25H28ClN5O2. The quantitative estimate of drug-likeness (QED) is 0.636. The fourth-order valence-corrected chi connectivity index (χ4v) is 5.01. The van der Waals surface area contributed by atoms with E-state index in [-0.39, 0.29) is 11.8 Å². The molecule has 8 heteroatoms. The molecular weight excluding hydrogens is 438 g/mol. The molecule has 4 heterocycles. The number of aromatic nitrogens is 2. The van der Waals surface area contributed by atoms with Crippen LogP contribution in [0.15, 0.2) is 48.7 Å². The predicted octanol–water partition coefficient (Wildman–Crippen LogP) is 3.81. The lowest BCUT2D eigenvalue weighted by atomic mass is 9.92. The van der Waals surface area contributed by atoms with Crippen LogP contribution in [0, 0.1) is 5.92 Å². The highest BCUT2D eigenvalue weighted by molar-refractivity contribution is 6.31. The van der Waals surface area contributed by atoms with E-state index < -0.39 is 0 Å². The number of likely N-dealkylation sites (tertiary alicyclic amines) is 1. The SMILES string of the molecule is O=C(CC1CCN(C(=O)c2cc3cc(Cl)ccc3[nH]2)CC1)N1CCN(c2ccccn2)CC1. The number of piperazine rings is 1. The molecule has 0 spiro atoms. The molecule has 3 aromatic rings. The number of nitrogens with zero attached hydrogens (tertiary/aromatic N) is 4. The van der Waals surface area contributed by atoms with Gasteiger partial charge in [0.1, 0.15) is 11.5 Å². The van der Waals surface area contributed by atoms with Crippen molar-refractivity contribution in [2.75, 3.05) is 44.2 Å². The van der Waals surface area contributed by atoms with Crippen molar-refractivity contribution >= 4 is 40.1 Å². The third kappa shape index (κ3) is 4.83. The molecule has 2 fully saturated rings. The van der Waals surface area contributed by atoms with E-state index in [1.165, 1.54) is 0 Å². The van der Waals surface area contributed by atoms with Crippen molar-refractivity contribution < 1.29 is 9.59 Å². The number of fused-ring (bicyclic) bond motifs is 1. The Morgan fingerprint density at radius 1 is 0.970 bits per heavy atom. The van der Waals surface area contributed by atoms with E-state index in [9.17, 15) is 9.59 Å². The molecule has 33 heavy (non-hydrogen) atoms. The fourth-order valence-electron chi connectivity index (χ4n) is 4.83. The minimum absolute atomic E-state index is 0.0118. The van der Waals surface area contributed by atoms with Crippen LogP contribution >= 0.6 is 11.6 Å². The Kier molecular flexibility index (Phi) is 6.22. The number of carbonyl (C=O) groups is 2. The molecule has 0 bridgehead atoms. The number of hydrogen-bond acceptors (Lipinski definition) is 4. The Morgan fingerprint density at radius 2 is 1.76 bits per heavy atom. The van der Waals surface area contributed by atoms with Gasteiger partial charge in [0.05, 0.1) is 0 Å². The Balaban J connectivity index is 1.10. The second-order valence-electron chi connectivity index (χ2n) is 8.91. The summed E-state index contributed by atoms with van der Waals surface area (Å²) in [7, 11) is 0. The van der Waals surface area contributed by atoms with Gasteiger partial charge >= 0.3 is 0 Å². The van der Waals surface area contributed by atoms with Gasteiger partial charge in [-0.3, -0.25) is 9.59 Å². The van der Waals surface area contributed by atoms with Crippen LogP contribution in [0.4, 0.5) is 5.82 Å². The molecule has 0 unspecified atom stereocenters. The number of pyridine rings is 1. The number of benzene rings is 1. The summed E-state index contributed by atoms with van der Waals surface area (Å²) in [6.45, 7) is 4.45. The zero-order valence-corrected chi connectivity index (χ0v) is 19.3. The Bertz CT molecular complexity index is 1130. The second-order valence-corrected chi connectivity index (χ2v) is 9.35. The average molecular weight is 466 g/mol. The van der Waals surface area contributed by atoms with Crippen molar-refractivity contribution in [3.05, 3.63) is 59.4 Å². The summed E-state index contributed by atoms with van der Waals surface area (Å²) < 4.78 is 0. The molecule has 2 amide bonds. The minimum Gasteiger partial charge on any atom is -0.353 e. The summed E-state index contributed by atoms with van der Waals surface area (Å²) in [5.74, 6) is 1.54. The van der Waals surface area contributed by atoms with Gasteiger partial charge in [-0.2, -0.15) is 0 Å². The maximum atomic E-state index is 13.0. The first-order valence-electron chi connectivity index (χ1n) is 11.6. The molecule has 0 aliphatic carbocycles. The molecule has 1 aromatic carbocycles. The van der Waals surface area contributed by atoms with Crippen molar-refractivity contribution in [3.8, 4) is 0 Å². The lowest BCUT2D eigenvalue weighted by Gasteiger charge is -2.37. The van der Waals surface area contributed by atoms with Gasteiger partial charge in [-0.15, -0.1) is 0 Å². The van der Waals surface area contributed by atoms with Gasteiger partial charge in [0, 0.05) is 67.8 Å². The number of nitrogens with one attached hydrogen (secondary N) is 1. The van der Waals surface area contributed by atoms with Gasteiger partial charge < -0.3 is 19.7 Å². The highest BCUT2D eigenvalue weighted by Crippen LogP contribution is 2.25. The number of carbonyl (C=O) groups excluding carboxylic acids is 2. The normalized spacial score (nSPS) is 17.5. The van der Waals surface area contributed by atoms with Gasteiger partial charge in [-0.25, -0.2) is 4.98 Å². The smallest absolute Gasteiger partial charge is 0.270 e. The number of piperidine rings is 1. The largest absolute Gasteiger partial charge is 0.353 e. The minimum atomic E-state index is 0.0118. The molecule has 2 aromatic heterocycles. The first-order valence-corrected chi connectivity index (χ1v) is 12.0. The van der Waals surface area contributed by atoms with Crippen LogP contribution in [0.1, 0.15) is 29.8 Å². The van der Waals surface area contributed by atoms with Gasteiger partial charge in [0.2, 0.25) is 5.91 Å². The molecule has 0 atom stereocenters. The summed E-state index contributed by atoms with van der Waals surface area (Å²) in [4.78, 5) is 39.5. The zero-order valence-electron chi connectivity index (χ0n) is 18.5. The van der Waals surface area contributed by atoms with E-state index in [0.717, 1.165) is 55.7 Å². The first-order chi connectivity index (χ1) is 16.1. The molecule has 172 valence electrons. The second kappa shape index (κ2) is 9.43. The predicted molar refractivity (Wildman–Crippen MR) is 130 cm³/mol. The molecule has 1 N–H and O–H groups in total. The monoisotopic (exact) mass is 465 g/mol. The summed E-state index contributed by atoms with van der Waals surface area (Å²) in [6, 6.07) is 13.3. The summed E-state index contributed by atoms with van der Waals surface area (Å²) in [6.07, 6.45) is 4.09. The molecule has 2 aliphatic rings. The molecule has 2 saturated heterocycles. The standard InChI is InChI=1S/C25H28ClN5O2/c26-20-4-5-21-19(16-20)17-22(28-21)25(33)31-9-6-18(7-10-31)15-24(32)30-13-11-29(12-14-30)23-3-1-2-8-27-23/h1-5,8,16-18,28H,6-7,9-15H2. The van der Waals surface area contributed by atoms with Crippen LogP contribution in [0.25, 0.3) is 10.9 Å². The topological polar surface area (TPSA) is 72.5 Å². The van der Waals surface area contributed by atoms with Crippen molar-refractivity contribution in [3.63, 3.8) is 0 Å². The third-order valence-electron chi connectivity index (χ3n) is 6.78. The van der Waals surface area contributed by atoms with Crippen LogP contribution in [-0.2, 0) is 4.79 Å². The maximum Gasteiger partial charge on any atom is 0.270 e. The van der Waals surface area contributed by atoms with Crippen LogP contribution < -0.4 is 4.90 Å². The third-order valence-corrected chi connectivity index (χ3v) is 7.02. The van der Waals surface area contributed by atoms with Gasteiger partial charge in [0.15, 0.2) is 0 Å². The number of amides is 2. The average Bonchev–Trinajstić information content (AvgIpc) is 3.28. The Hall–Kier alpha value is -3.06. The van der Waals surface area contributed by atoms with Crippen LogP contribution in [-0.4, -0.2) is 70.9 Å². The van der Waals surface area contributed by atoms with E-state index in [1.54, 1.807) is 6.20 Å². The van der Waals surface area contributed by atoms with E-state index in [0.29, 0.717) is 36.1 Å². The molecule has 0 saturated carbocycles. The van der Waals surface area contributed by atoms with Gasteiger partial charge in [0.25, 0.3) is 5.91 Å². The van der Waals surface area contributed by atoms with Crippen LogP contribution in [0.3, 0.4) is 0 Å². The lowest BCUT2D eigenvalue weighted by molar-refractivity contribution is -0.132. The molecule has 5 rings (SSSR count). The highest BCUT2D eigenvalue weighted by Gasteiger charge is 2.28. The van der Waals surface area contributed by atoms with E-state index in [1.807, 2.05) is 52.3 Å². The number of halogens is 1. The fraction of sp³-hybridized carbons (Fsp3) is 0.400. The van der Waals surface area contributed by atoms with Crippen molar-refractivity contribution in [1.29, 1.82) is 0 Å². The van der Waals surface area contributed by atoms with E-state index in [2.05, 4.69) is 14.9 Å². The number of aromatic amines is 1. The van der Waals surface area contributed by atoms with E-state index in [4.69, 9.17) is 11.6 Å². The van der Waals surface area contributed by atoms with Gasteiger partial charge in [-0.1, -0.05) is 17.7 Å². The number of anilines is 1.